The molecule has 1 saturated heterocycles. The van der Waals surface area contributed by atoms with Gasteiger partial charge in [0.15, 0.2) is 5.78 Å². The molecule has 0 radical (unpaired) electrons. The number of nitrogens with zero attached hydrogens (tertiary/aromatic N) is 3. The first-order valence-electron chi connectivity index (χ1n) is 4.86. The number of hydrogen-bond acceptors (Lipinski definition) is 5. The van der Waals surface area contributed by atoms with Crippen LogP contribution in [0.2, 0.25) is 0 Å². The Kier molecular flexibility index (Phi) is 3.33. The number of rotatable bonds is 2. The highest BCUT2D eigenvalue weighted by Gasteiger charge is 2.27. The van der Waals surface area contributed by atoms with Gasteiger partial charge in [-0.2, -0.15) is 11.8 Å². The van der Waals surface area contributed by atoms with Gasteiger partial charge in [0, 0.05) is 30.4 Å². The normalized spacial score (nSPS) is 22.6. The van der Waals surface area contributed by atoms with Gasteiger partial charge in [0.25, 0.3) is 0 Å². The smallest absolute Gasteiger partial charge is 0.183 e. The molecule has 1 aliphatic heterocycles. The predicted molar refractivity (Wildman–Crippen MR) is 60.1 cm³/mol. The van der Waals surface area contributed by atoms with Crippen molar-refractivity contribution in [1.29, 1.82) is 0 Å². The van der Waals surface area contributed by atoms with Gasteiger partial charge in [-0.15, -0.1) is 0 Å². The maximum atomic E-state index is 12.1. The van der Waals surface area contributed by atoms with Crippen LogP contribution < -0.4 is 0 Å². The molecule has 0 saturated carbocycles. The van der Waals surface area contributed by atoms with Gasteiger partial charge in [-0.3, -0.25) is 9.69 Å². The minimum atomic E-state index is -0.0188. The molecule has 1 aromatic heterocycles. The highest BCUT2D eigenvalue weighted by atomic mass is 32.2. The standard InChI is InChI=1S/C10H13N3OS/c1-13-2-3-15-6-9(13)10(14)8-4-11-7-12-5-8/h4-5,7,9H,2-3,6H2,1H3. The quantitative estimate of drug-likeness (QED) is 0.691. The zero-order valence-corrected chi connectivity index (χ0v) is 9.41. The van der Waals surface area contributed by atoms with E-state index in [2.05, 4.69) is 14.9 Å². The van der Waals surface area contributed by atoms with Crippen molar-refractivity contribution in [3.05, 3.63) is 24.3 Å². The summed E-state index contributed by atoms with van der Waals surface area (Å²) in [5.41, 5.74) is 0.608. The van der Waals surface area contributed by atoms with Gasteiger partial charge >= 0.3 is 0 Å². The molecule has 1 atom stereocenters. The van der Waals surface area contributed by atoms with Crippen molar-refractivity contribution in [2.75, 3.05) is 25.1 Å². The van der Waals surface area contributed by atoms with Crippen molar-refractivity contribution in [2.24, 2.45) is 0 Å². The van der Waals surface area contributed by atoms with Crippen molar-refractivity contribution >= 4 is 17.5 Å². The van der Waals surface area contributed by atoms with Gasteiger partial charge in [0.2, 0.25) is 0 Å². The highest BCUT2D eigenvalue weighted by molar-refractivity contribution is 7.99. The van der Waals surface area contributed by atoms with Crippen LogP contribution in [0.4, 0.5) is 0 Å². The number of carbonyl (C=O) groups is 1. The number of carbonyl (C=O) groups excluding carboxylic acids is 1. The lowest BCUT2D eigenvalue weighted by Crippen LogP contribution is -2.44. The molecule has 0 aliphatic carbocycles. The van der Waals surface area contributed by atoms with Gasteiger partial charge in [0.1, 0.15) is 6.33 Å². The molecule has 2 rings (SSSR count). The van der Waals surface area contributed by atoms with Crippen LogP contribution in [0.1, 0.15) is 10.4 Å². The lowest BCUT2D eigenvalue weighted by molar-refractivity contribution is 0.0873. The monoisotopic (exact) mass is 223 g/mol. The van der Waals surface area contributed by atoms with Gasteiger partial charge in [-0.05, 0) is 7.05 Å². The van der Waals surface area contributed by atoms with Gasteiger partial charge in [-0.25, -0.2) is 9.97 Å². The Bertz CT molecular complexity index is 344. The third kappa shape index (κ3) is 2.35. The molecule has 80 valence electrons. The summed E-state index contributed by atoms with van der Waals surface area (Å²) >= 11 is 1.83. The average molecular weight is 223 g/mol. The zero-order valence-electron chi connectivity index (χ0n) is 8.59. The Morgan fingerprint density at radius 1 is 1.53 bits per heavy atom. The van der Waals surface area contributed by atoms with Crippen LogP contribution in [-0.4, -0.2) is 51.8 Å². The SMILES string of the molecule is CN1CCSCC1C(=O)c1cncnc1. The molecule has 0 amide bonds. The van der Waals surface area contributed by atoms with E-state index in [-0.39, 0.29) is 11.8 Å². The Labute approximate surface area is 93.1 Å². The summed E-state index contributed by atoms with van der Waals surface area (Å²) in [7, 11) is 1.99. The van der Waals surface area contributed by atoms with Gasteiger partial charge < -0.3 is 0 Å². The second-order valence-corrected chi connectivity index (χ2v) is 4.71. The van der Waals surface area contributed by atoms with Crippen molar-refractivity contribution in [3.63, 3.8) is 0 Å². The van der Waals surface area contributed by atoms with E-state index in [1.54, 1.807) is 12.4 Å². The number of thioether (sulfide) groups is 1. The summed E-state index contributed by atoms with van der Waals surface area (Å²) in [6.45, 7) is 0.967. The summed E-state index contributed by atoms with van der Waals surface area (Å²) in [6, 6.07) is -0.0188. The predicted octanol–water partition coefficient (Wildman–Crippen LogP) is 0.707. The molecule has 1 aliphatic rings. The van der Waals surface area contributed by atoms with Crippen molar-refractivity contribution in [1.82, 2.24) is 14.9 Å². The molecule has 0 N–H and O–H groups in total. The fourth-order valence-corrected chi connectivity index (χ4v) is 2.79. The topological polar surface area (TPSA) is 46.1 Å². The number of ketones is 1. The molecule has 2 heterocycles. The number of aromatic nitrogens is 2. The fraction of sp³-hybridized carbons (Fsp3) is 0.500. The van der Waals surface area contributed by atoms with E-state index in [9.17, 15) is 4.79 Å². The molecular weight excluding hydrogens is 210 g/mol. The lowest BCUT2D eigenvalue weighted by atomic mass is 10.1. The molecule has 0 bridgehead atoms. The molecule has 15 heavy (non-hydrogen) atoms. The summed E-state index contributed by atoms with van der Waals surface area (Å²) in [4.78, 5) is 21.9. The van der Waals surface area contributed by atoms with Crippen LogP contribution in [-0.2, 0) is 0 Å². The second-order valence-electron chi connectivity index (χ2n) is 3.56. The van der Waals surface area contributed by atoms with E-state index in [1.165, 1.54) is 6.33 Å². The Morgan fingerprint density at radius 3 is 2.93 bits per heavy atom. The van der Waals surface area contributed by atoms with E-state index in [0.717, 1.165) is 18.1 Å². The van der Waals surface area contributed by atoms with Crippen LogP contribution >= 0.6 is 11.8 Å². The van der Waals surface area contributed by atoms with Crippen molar-refractivity contribution < 1.29 is 4.79 Å². The summed E-state index contributed by atoms with van der Waals surface area (Å²) < 4.78 is 0. The fourth-order valence-electron chi connectivity index (χ4n) is 1.58. The first-order chi connectivity index (χ1) is 7.29. The second kappa shape index (κ2) is 4.72. The van der Waals surface area contributed by atoms with Crippen LogP contribution in [0, 0.1) is 0 Å². The summed E-state index contributed by atoms with van der Waals surface area (Å²) in [6.07, 6.45) is 4.61. The minimum Gasteiger partial charge on any atom is -0.295 e. The van der Waals surface area contributed by atoms with Crippen molar-refractivity contribution in [3.8, 4) is 0 Å². The van der Waals surface area contributed by atoms with E-state index in [4.69, 9.17) is 0 Å². The first kappa shape index (κ1) is 10.6. The molecule has 1 aromatic rings. The third-order valence-corrected chi connectivity index (χ3v) is 3.57. The number of likely N-dealkylation sites (N-methyl/N-ethyl adjacent to an activating group) is 1. The Balaban J connectivity index is 2.13. The molecule has 1 fully saturated rings. The zero-order chi connectivity index (χ0) is 10.7. The molecule has 0 aromatic carbocycles. The van der Waals surface area contributed by atoms with Crippen LogP contribution in [0.3, 0.4) is 0 Å². The number of Topliss-reactive ketones (excluding diaryl/α,β-unsaturated/α-hetero) is 1. The van der Waals surface area contributed by atoms with Crippen LogP contribution in [0.25, 0.3) is 0 Å². The molecule has 0 spiro atoms. The first-order valence-corrected chi connectivity index (χ1v) is 6.01. The van der Waals surface area contributed by atoms with Crippen LogP contribution in [0.15, 0.2) is 18.7 Å². The molecule has 1 unspecified atom stereocenters. The van der Waals surface area contributed by atoms with Crippen molar-refractivity contribution in [2.45, 2.75) is 6.04 Å². The van der Waals surface area contributed by atoms with Crippen LogP contribution in [0.5, 0.6) is 0 Å². The maximum Gasteiger partial charge on any atom is 0.183 e. The highest BCUT2D eigenvalue weighted by Crippen LogP contribution is 2.17. The van der Waals surface area contributed by atoms with Gasteiger partial charge in [-0.1, -0.05) is 0 Å². The minimum absolute atomic E-state index is 0.0188. The maximum absolute atomic E-state index is 12.1. The van der Waals surface area contributed by atoms with E-state index < -0.39 is 0 Å². The van der Waals surface area contributed by atoms with E-state index in [1.807, 2.05) is 18.8 Å². The largest absolute Gasteiger partial charge is 0.295 e. The number of hydrogen-bond donors (Lipinski definition) is 0. The van der Waals surface area contributed by atoms with E-state index >= 15 is 0 Å². The summed E-state index contributed by atoms with van der Waals surface area (Å²) in [5, 5.41) is 0. The molecule has 5 heteroatoms. The Hall–Kier alpha value is -0.940. The lowest BCUT2D eigenvalue weighted by Gasteiger charge is -2.30. The molecular formula is C10H13N3OS. The third-order valence-electron chi connectivity index (χ3n) is 2.54. The summed E-state index contributed by atoms with van der Waals surface area (Å²) in [5.74, 6) is 2.10. The van der Waals surface area contributed by atoms with Gasteiger partial charge in [0.05, 0.1) is 11.6 Å². The Morgan fingerprint density at radius 2 is 2.27 bits per heavy atom. The average Bonchev–Trinajstić information content (AvgIpc) is 2.30. The van der Waals surface area contributed by atoms with E-state index in [0.29, 0.717) is 5.56 Å². The molecule has 4 nitrogen and oxygen atoms in total.